The largest absolute Gasteiger partial charge is 0.486 e. The Morgan fingerprint density at radius 3 is 2.83 bits per heavy atom. The molecule has 0 saturated carbocycles. The fourth-order valence-corrected chi connectivity index (χ4v) is 3.14. The summed E-state index contributed by atoms with van der Waals surface area (Å²) in [7, 11) is 0. The Morgan fingerprint density at radius 2 is 2.09 bits per heavy atom. The molecule has 0 fully saturated rings. The second-order valence-corrected chi connectivity index (χ2v) is 6.12. The molecule has 0 unspecified atom stereocenters. The lowest BCUT2D eigenvalue weighted by Crippen LogP contribution is -2.26. The lowest BCUT2D eigenvalue weighted by atomic mass is 10.2. The molecule has 1 N–H and O–H groups in total. The highest BCUT2D eigenvalue weighted by Crippen LogP contribution is 2.30. The van der Waals surface area contributed by atoms with Gasteiger partial charge in [-0.1, -0.05) is 17.4 Å². The second-order valence-electron chi connectivity index (χ2n) is 5.30. The van der Waals surface area contributed by atoms with Crippen LogP contribution in [0.4, 0.5) is 0 Å². The summed E-state index contributed by atoms with van der Waals surface area (Å²) in [5, 5.41) is 4.66. The Bertz CT molecular complexity index is 766. The monoisotopic (exact) mass is 334 g/mol. The zero-order valence-electron chi connectivity index (χ0n) is 12.8. The van der Waals surface area contributed by atoms with Crippen LogP contribution in [0.1, 0.15) is 17.7 Å². The molecule has 1 aromatic carbocycles. The van der Waals surface area contributed by atoms with Gasteiger partial charge in [-0.2, -0.15) is 0 Å². The fraction of sp³-hybridized carbons (Fsp3) is 0.375. The summed E-state index contributed by atoms with van der Waals surface area (Å²) in [5.41, 5.74) is 1.84. The topological polar surface area (TPSA) is 69.6 Å². The minimum absolute atomic E-state index is 0.0258. The second kappa shape index (κ2) is 6.87. The first-order valence-electron chi connectivity index (χ1n) is 7.43. The van der Waals surface area contributed by atoms with E-state index in [9.17, 15) is 9.59 Å². The van der Waals surface area contributed by atoms with Crippen LogP contribution in [-0.2, 0) is 17.9 Å². The molecule has 1 aromatic heterocycles. The minimum Gasteiger partial charge on any atom is -0.486 e. The molecule has 1 amide bonds. The fourth-order valence-electron chi connectivity index (χ4n) is 2.37. The Balaban J connectivity index is 1.52. The third-order valence-corrected chi connectivity index (χ3v) is 4.52. The quantitative estimate of drug-likeness (QED) is 0.903. The van der Waals surface area contributed by atoms with Gasteiger partial charge in [-0.05, 0) is 24.6 Å². The number of hydrogen-bond acceptors (Lipinski definition) is 5. The molecule has 0 saturated heterocycles. The predicted molar refractivity (Wildman–Crippen MR) is 87.2 cm³/mol. The average Bonchev–Trinajstić information content (AvgIpc) is 2.89. The third kappa shape index (κ3) is 3.73. The average molecular weight is 334 g/mol. The van der Waals surface area contributed by atoms with Crippen molar-refractivity contribution in [2.24, 2.45) is 0 Å². The molecule has 0 spiro atoms. The van der Waals surface area contributed by atoms with Gasteiger partial charge in [0.2, 0.25) is 5.91 Å². The molecule has 23 heavy (non-hydrogen) atoms. The molecule has 1 aliphatic rings. The van der Waals surface area contributed by atoms with E-state index in [4.69, 9.17) is 9.47 Å². The molecule has 0 aliphatic carbocycles. The first kappa shape index (κ1) is 15.6. The summed E-state index contributed by atoms with van der Waals surface area (Å²) in [5.74, 6) is 1.36. The van der Waals surface area contributed by atoms with Crippen molar-refractivity contribution in [3.05, 3.63) is 44.5 Å². The number of rotatable bonds is 5. The van der Waals surface area contributed by atoms with Crippen molar-refractivity contribution >= 4 is 17.2 Å². The lowest BCUT2D eigenvalue weighted by Gasteiger charge is -2.19. The van der Waals surface area contributed by atoms with Crippen LogP contribution in [0.2, 0.25) is 0 Å². The van der Waals surface area contributed by atoms with Crippen molar-refractivity contribution in [2.45, 2.75) is 26.4 Å². The lowest BCUT2D eigenvalue weighted by molar-refractivity contribution is -0.121. The number of aryl methyl sites for hydroxylation is 1. The zero-order chi connectivity index (χ0) is 16.2. The molecule has 2 heterocycles. The minimum atomic E-state index is -0.0858. The van der Waals surface area contributed by atoms with Gasteiger partial charge in [0.15, 0.2) is 11.5 Å². The van der Waals surface area contributed by atoms with Gasteiger partial charge in [0.1, 0.15) is 13.2 Å². The van der Waals surface area contributed by atoms with E-state index in [0.717, 1.165) is 28.3 Å². The number of carbonyl (C=O) groups is 1. The summed E-state index contributed by atoms with van der Waals surface area (Å²) in [6, 6.07) is 5.63. The number of aromatic nitrogens is 1. The van der Waals surface area contributed by atoms with Crippen LogP contribution in [0.5, 0.6) is 11.5 Å². The smallest absolute Gasteiger partial charge is 0.307 e. The molecule has 122 valence electrons. The van der Waals surface area contributed by atoms with E-state index in [1.54, 1.807) is 9.95 Å². The van der Waals surface area contributed by atoms with Crippen LogP contribution in [0.25, 0.3) is 0 Å². The molecule has 0 atom stereocenters. The van der Waals surface area contributed by atoms with Crippen molar-refractivity contribution in [1.82, 2.24) is 9.88 Å². The van der Waals surface area contributed by atoms with Gasteiger partial charge in [-0.3, -0.25) is 9.59 Å². The summed E-state index contributed by atoms with van der Waals surface area (Å²) in [6.07, 6.45) is 0.280. The summed E-state index contributed by atoms with van der Waals surface area (Å²) >= 11 is 1.16. The molecular weight excluding hydrogens is 316 g/mol. The number of benzene rings is 1. The van der Waals surface area contributed by atoms with E-state index < -0.39 is 0 Å². The Hall–Kier alpha value is -2.28. The Morgan fingerprint density at radius 1 is 1.30 bits per heavy atom. The van der Waals surface area contributed by atoms with E-state index in [1.165, 1.54) is 0 Å². The molecule has 6 nitrogen and oxygen atoms in total. The molecule has 1 aliphatic heterocycles. The van der Waals surface area contributed by atoms with Crippen molar-refractivity contribution < 1.29 is 14.3 Å². The van der Waals surface area contributed by atoms with Crippen LogP contribution >= 0.6 is 11.3 Å². The molecule has 0 radical (unpaired) electrons. The SMILES string of the molecule is Cc1csc(=O)n1CCC(=O)NCc1ccc2c(c1)OCCO2. The molecular formula is C16H18N2O4S. The first-order chi connectivity index (χ1) is 11.1. The van der Waals surface area contributed by atoms with Gasteiger partial charge in [0.25, 0.3) is 0 Å². The van der Waals surface area contributed by atoms with Gasteiger partial charge in [0, 0.05) is 30.6 Å². The molecule has 7 heteroatoms. The molecule has 0 bridgehead atoms. The summed E-state index contributed by atoms with van der Waals surface area (Å²) < 4.78 is 12.6. The van der Waals surface area contributed by atoms with Crippen LogP contribution < -0.4 is 19.7 Å². The molecule has 3 rings (SSSR count). The van der Waals surface area contributed by atoms with Gasteiger partial charge < -0.3 is 19.4 Å². The van der Waals surface area contributed by atoms with Gasteiger partial charge in [-0.15, -0.1) is 0 Å². The van der Waals surface area contributed by atoms with Crippen molar-refractivity contribution in [3.8, 4) is 11.5 Å². The maximum Gasteiger partial charge on any atom is 0.307 e. The van der Waals surface area contributed by atoms with Crippen molar-refractivity contribution in [3.63, 3.8) is 0 Å². The normalized spacial score (nSPS) is 12.9. The van der Waals surface area contributed by atoms with Crippen LogP contribution in [0.15, 0.2) is 28.4 Å². The number of carbonyl (C=O) groups excluding carboxylic acids is 1. The van der Waals surface area contributed by atoms with Gasteiger partial charge in [0.05, 0.1) is 0 Å². The number of thiazole rings is 1. The van der Waals surface area contributed by atoms with Gasteiger partial charge >= 0.3 is 4.87 Å². The number of amides is 1. The zero-order valence-corrected chi connectivity index (χ0v) is 13.6. The molecule has 2 aromatic rings. The van der Waals surface area contributed by atoms with E-state index in [0.29, 0.717) is 32.1 Å². The summed E-state index contributed by atoms with van der Waals surface area (Å²) in [4.78, 5) is 23.5. The van der Waals surface area contributed by atoms with Crippen molar-refractivity contribution in [1.29, 1.82) is 0 Å². The predicted octanol–water partition coefficient (Wildman–Crippen LogP) is 1.70. The summed E-state index contributed by atoms with van der Waals surface area (Å²) in [6.45, 7) is 3.79. The maximum absolute atomic E-state index is 11.9. The van der Waals surface area contributed by atoms with E-state index in [2.05, 4.69) is 5.32 Å². The highest BCUT2D eigenvalue weighted by atomic mass is 32.1. The Labute approximate surface area is 137 Å². The number of fused-ring (bicyclic) bond motifs is 1. The van der Waals surface area contributed by atoms with Crippen LogP contribution in [0, 0.1) is 6.92 Å². The van der Waals surface area contributed by atoms with E-state index >= 15 is 0 Å². The Kier molecular flexibility index (Phi) is 4.66. The first-order valence-corrected chi connectivity index (χ1v) is 8.31. The number of nitrogens with one attached hydrogen (secondary N) is 1. The maximum atomic E-state index is 11.9. The number of ether oxygens (including phenoxy) is 2. The third-order valence-electron chi connectivity index (χ3n) is 3.64. The van der Waals surface area contributed by atoms with E-state index in [-0.39, 0.29) is 17.2 Å². The number of hydrogen-bond donors (Lipinski definition) is 1. The van der Waals surface area contributed by atoms with Crippen LogP contribution in [0.3, 0.4) is 0 Å². The highest BCUT2D eigenvalue weighted by Gasteiger charge is 2.12. The van der Waals surface area contributed by atoms with Gasteiger partial charge in [-0.25, -0.2) is 0 Å². The van der Waals surface area contributed by atoms with Crippen molar-refractivity contribution in [2.75, 3.05) is 13.2 Å². The number of nitrogens with zero attached hydrogens (tertiary/aromatic N) is 1. The highest BCUT2D eigenvalue weighted by molar-refractivity contribution is 7.07. The van der Waals surface area contributed by atoms with E-state index in [1.807, 2.05) is 25.1 Å². The standard InChI is InChI=1S/C16H18N2O4S/c1-11-10-23-16(20)18(11)5-4-15(19)17-9-12-2-3-13-14(8-12)22-7-6-21-13/h2-3,8,10H,4-7,9H2,1H3,(H,17,19). The van der Waals surface area contributed by atoms with Crippen LogP contribution in [-0.4, -0.2) is 23.7 Å².